The fourth-order valence-corrected chi connectivity index (χ4v) is 2.44. The third-order valence-corrected chi connectivity index (χ3v) is 3.58. The molecule has 1 heterocycles. The second-order valence-corrected chi connectivity index (χ2v) is 4.92. The number of ether oxygens (including phenoxy) is 3. The van der Waals surface area contributed by atoms with Crippen molar-refractivity contribution in [3.05, 3.63) is 17.7 Å². The van der Waals surface area contributed by atoms with Gasteiger partial charge in [-0.05, 0) is 19.4 Å². The number of methoxy groups -OCH3 is 3. The molecular formula is C15H23ClN2O4. The Morgan fingerprint density at radius 1 is 1.14 bits per heavy atom. The number of benzene rings is 1. The SMILES string of the molecule is COc1cc(OC)c(C(=O)N[C@H]2CCCNC2)cc1OC.Cl. The Labute approximate surface area is 136 Å². The van der Waals surface area contributed by atoms with Crippen LogP contribution in [-0.2, 0) is 0 Å². The van der Waals surface area contributed by atoms with Crippen LogP contribution in [0, 0.1) is 0 Å². The molecule has 0 unspecified atom stereocenters. The molecule has 1 aromatic carbocycles. The maximum Gasteiger partial charge on any atom is 0.255 e. The number of halogens is 1. The predicted molar refractivity (Wildman–Crippen MR) is 86.7 cm³/mol. The molecule has 1 fully saturated rings. The summed E-state index contributed by atoms with van der Waals surface area (Å²) in [6.45, 7) is 1.80. The first-order valence-electron chi connectivity index (χ1n) is 7.01. The van der Waals surface area contributed by atoms with Gasteiger partial charge in [0.1, 0.15) is 5.75 Å². The van der Waals surface area contributed by atoms with Gasteiger partial charge in [-0.2, -0.15) is 0 Å². The van der Waals surface area contributed by atoms with Gasteiger partial charge in [0.05, 0.1) is 26.9 Å². The molecule has 0 radical (unpaired) electrons. The summed E-state index contributed by atoms with van der Waals surface area (Å²) in [7, 11) is 4.61. The molecule has 0 aromatic heterocycles. The lowest BCUT2D eigenvalue weighted by molar-refractivity contribution is 0.0927. The highest BCUT2D eigenvalue weighted by Gasteiger charge is 2.21. The number of amides is 1. The lowest BCUT2D eigenvalue weighted by Crippen LogP contribution is -2.45. The third kappa shape index (κ3) is 4.18. The van der Waals surface area contributed by atoms with Crippen molar-refractivity contribution in [1.82, 2.24) is 10.6 Å². The molecule has 1 atom stereocenters. The molecule has 0 saturated carbocycles. The summed E-state index contributed by atoms with van der Waals surface area (Å²) in [5.74, 6) is 1.34. The predicted octanol–water partition coefficient (Wildman–Crippen LogP) is 1.62. The first-order chi connectivity index (χ1) is 10.2. The van der Waals surface area contributed by atoms with Gasteiger partial charge in [0.2, 0.25) is 0 Å². The van der Waals surface area contributed by atoms with Gasteiger partial charge in [-0.1, -0.05) is 0 Å². The Bertz CT molecular complexity index is 505. The second-order valence-electron chi connectivity index (χ2n) is 4.92. The number of hydrogen-bond acceptors (Lipinski definition) is 5. The van der Waals surface area contributed by atoms with Crippen LogP contribution >= 0.6 is 12.4 Å². The molecule has 1 saturated heterocycles. The lowest BCUT2D eigenvalue weighted by Gasteiger charge is -2.24. The van der Waals surface area contributed by atoms with E-state index in [9.17, 15) is 4.79 Å². The molecule has 1 aliphatic heterocycles. The highest BCUT2D eigenvalue weighted by atomic mass is 35.5. The molecule has 0 aliphatic carbocycles. The van der Waals surface area contributed by atoms with Gasteiger partial charge in [0.25, 0.3) is 5.91 Å². The van der Waals surface area contributed by atoms with Crippen LogP contribution in [0.2, 0.25) is 0 Å². The average Bonchev–Trinajstić information content (AvgIpc) is 2.54. The van der Waals surface area contributed by atoms with Gasteiger partial charge in [0.15, 0.2) is 11.5 Å². The molecule has 124 valence electrons. The van der Waals surface area contributed by atoms with Gasteiger partial charge < -0.3 is 24.8 Å². The zero-order chi connectivity index (χ0) is 15.2. The van der Waals surface area contributed by atoms with Crippen LogP contribution in [0.25, 0.3) is 0 Å². The summed E-state index contributed by atoms with van der Waals surface area (Å²) >= 11 is 0. The van der Waals surface area contributed by atoms with Crippen molar-refractivity contribution in [2.45, 2.75) is 18.9 Å². The van der Waals surface area contributed by atoms with E-state index < -0.39 is 0 Å². The fourth-order valence-electron chi connectivity index (χ4n) is 2.44. The number of hydrogen-bond donors (Lipinski definition) is 2. The van der Waals surface area contributed by atoms with Gasteiger partial charge in [-0.15, -0.1) is 12.4 Å². The molecule has 1 amide bonds. The Morgan fingerprint density at radius 3 is 2.32 bits per heavy atom. The van der Waals surface area contributed by atoms with Crippen molar-refractivity contribution < 1.29 is 19.0 Å². The van der Waals surface area contributed by atoms with E-state index >= 15 is 0 Å². The Balaban J connectivity index is 0.00000242. The fraction of sp³-hybridized carbons (Fsp3) is 0.533. The third-order valence-electron chi connectivity index (χ3n) is 3.58. The van der Waals surface area contributed by atoms with E-state index in [2.05, 4.69) is 10.6 Å². The maximum absolute atomic E-state index is 12.4. The molecule has 0 bridgehead atoms. The topological polar surface area (TPSA) is 68.8 Å². The summed E-state index contributed by atoms with van der Waals surface area (Å²) in [6, 6.07) is 3.44. The van der Waals surface area contributed by atoms with E-state index in [4.69, 9.17) is 14.2 Å². The molecule has 6 nitrogen and oxygen atoms in total. The number of rotatable bonds is 5. The van der Waals surface area contributed by atoms with Crippen LogP contribution in [0.15, 0.2) is 12.1 Å². The van der Waals surface area contributed by atoms with Crippen LogP contribution in [0.1, 0.15) is 23.2 Å². The van der Waals surface area contributed by atoms with Gasteiger partial charge in [-0.3, -0.25) is 4.79 Å². The van der Waals surface area contributed by atoms with E-state index in [0.29, 0.717) is 22.8 Å². The van der Waals surface area contributed by atoms with Crippen molar-refractivity contribution >= 4 is 18.3 Å². The largest absolute Gasteiger partial charge is 0.496 e. The van der Waals surface area contributed by atoms with Crippen LogP contribution in [0.4, 0.5) is 0 Å². The molecule has 2 rings (SSSR count). The minimum Gasteiger partial charge on any atom is -0.496 e. The van der Waals surface area contributed by atoms with Crippen LogP contribution in [-0.4, -0.2) is 46.4 Å². The smallest absolute Gasteiger partial charge is 0.255 e. The molecule has 2 N–H and O–H groups in total. The Hall–Kier alpha value is -1.66. The summed E-state index contributed by atoms with van der Waals surface area (Å²) < 4.78 is 15.7. The first-order valence-corrected chi connectivity index (χ1v) is 7.01. The Kier molecular flexibility index (Phi) is 7.27. The van der Waals surface area contributed by atoms with E-state index in [0.717, 1.165) is 25.9 Å². The standard InChI is InChI=1S/C15H22N2O4.ClH/c1-19-12-8-14(21-3)13(20-2)7-11(12)15(18)17-10-5-4-6-16-9-10;/h7-8,10,16H,4-6,9H2,1-3H3,(H,17,18);1H/t10-;/m0./s1. The minimum absolute atomic E-state index is 0. The van der Waals surface area contributed by atoms with E-state index in [1.165, 1.54) is 14.2 Å². The number of nitrogens with one attached hydrogen (secondary N) is 2. The molecular weight excluding hydrogens is 308 g/mol. The zero-order valence-electron chi connectivity index (χ0n) is 13.1. The molecule has 22 heavy (non-hydrogen) atoms. The average molecular weight is 331 g/mol. The van der Waals surface area contributed by atoms with E-state index in [1.54, 1.807) is 19.2 Å². The molecule has 1 aromatic rings. The van der Waals surface area contributed by atoms with Crippen molar-refractivity contribution in [2.24, 2.45) is 0 Å². The van der Waals surface area contributed by atoms with Gasteiger partial charge >= 0.3 is 0 Å². The second kappa shape index (κ2) is 8.70. The summed E-state index contributed by atoms with van der Waals surface area (Å²) in [4.78, 5) is 12.4. The van der Waals surface area contributed by atoms with Crippen LogP contribution in [0.5, 0.6) is 17.2 Å². The van der Waals surface area contributed by atoms with Crippen molar-refractivity contribution in [3.8, 4) is 17.2 Å². The Morgan fingerprint density at radius 2 is 1.77 bits per heavy atom. The van der Waals surface area contributed by atoms with Crippen molar-refractivity contribution in [1.29, 1.82) is 0 Å². The first kappa shape index (κ1) is 18.4. The molecule has 1 aliphatic rings. The number of carbonyl (C=O) groups excluding carboxylic acids is 1. The van der Waals surface area contributed by atoms with Gasteiger partial charge in [-0.25, -0.2) is 0 Å². The normalized spacial score (nSPS) is 17.1. The minimum atomic E-state index is -0.165. The van der Waals surface area contributed by atoms with Crippen LogP contribution < -0.4 is 24.8 Å². The number of piperidine rings is 1. The highest BCUT2D eigenvalue weighted by molar-refractivity contribution is 5.98. The zero-order valence-corrected chi connectivity index (χ0v) is 13.9. The maximum atomic E-state index is 12.4. The lowest BCUT2D eigenvalue weighted by atomic mass is 10.1. The highest BCUT2D eigenvalue weighted by Crippen LogP contribution is 2.34. The van der Waals surface area contributed by atoms with E-state index in [-0.39, 0.29) is 24.4 Å². The number of carbonyl (C=O) groups is 1. The molecule has 0 spiro atoms. The summed E-state index contributed by atoms with van der Waals surface area (Å²) in [5.41, 5.74) is 0.445. The van der Waals surface area contributed by atoms with Gasteiger partial charge in [0, 0.05) is 24.7 Å². The monoisotopic (exact) mass is 330 g/mol. The van der Waals surface area contributed by atoms with Crippen molar-refractivity contribution in [3.63, 3.8) is 0 Å². The summed E-state index contributed by atoms with van der Waals surface area (Å²) in [6.07, 6.45) is 2.04. The van der Waals surface area contributed by atoms with Crippen LogP contribution in [0.3, 0.4) is 0 Å². The van der Waals surface area contributed by atoms with E-state index in [1.807, 2.05) is 0 Å². The molecule has 7 heteroatoms. The quantitative estimate of drug-likeness (QED) is 0.858. The summed E-state index contributed by atoms with van der Waals surface area (Å²) in [5, 5.41) is 6.29. The van der Waals surface area contributed by atoms with Crippen molar-refractivity contribution in [2.75, 3.05) is 34.4 Å².